The number of nitrogens with one attached hydrogen (secondary N) is 1. The summed E-state index contributed by atoms with van der Waals surface area (Å²) in [5, 5.41) is 8.31. The van der Waals surface area contributed by atoms with Gasteiger partial charge in [-0.3, -0.25) is 0 Å². The number of hydrogen-bond acceptors (Lipinski definition) is 6. The topological polar surface area (TPSA) is 73.1 Å². The molecule has 2 aromatic heterocycles. The number of hydrogen-bond donors (Lipinski definition) is 1. The van der Waals surface area contributed by atoms with E-state index in [9.17, 15) is 0 Å². The van der Waals surface area contributed by atoms with E-state index in [0.29, 0.717) is 5.71 Å². The summed E-state index contributed by atoms with van der Waals surface area (Å²) >= 11 is 0. The molecule has 0 saturated heterocycles. The smallest absolute Gasteiger partial charge is 0.263 e. The third-order valence-corrected chi connectivity index (χ3v) is 3.56. The van der Waals surface area contributed by atoms with Crippen LogP contribution >= 0.6 is 0 Å². The Labute approximate surface area is 134 Å². The second-order valence-corrected chi connectivity index (χ2v) is 5.28. The van der Waals surface area contributed by atoms with Crippen molar-refractivity contribution >= 4 is 16.9 Å². The number of ether oxygens (including phenoxy) is 1. The number of rotatable bonds is 7. The molecule has 1 N–H and O–H groups in total. The quantitative estimate of drug-likeness (QED) is 0.674. The van der Waals surface area contributed by atoms with Crippen LogP contribution in [0.3, 0.4) is 0 Å². The maximum absolute atomic E-state index is 5.35. The molecule has 0 aliphatic carbocycles. The second kappa shape index (κ2) is 7.19. The lowest BCUT2D eigenvalue weighted by atomic mass is 10.1. The maximum atomic E-state index is 5.35. The van der Waals surface area contributed by atoms with E-state index in [1.807, 2.05) is 19.1 Å². The van der Waals surface area contributed by atoms with Crippen LogP contribution in [0, 0.1) is 6.92 Å². The lowest BCUT2D eigenvalue weighted by Crippen LogP contribution is -2.07. The summed E-state index contributed by atoms with van der Waals surface area (Å²) in [6, 6.07) is 8.15. The fourth-order valence-corrected chi connectivity index (χ4v) is 2.35. The molecule has 0 bridgehead atoms. The standard InChI is InChI=1S/C17H20N4O2/c1-3-22-10-4-9-18-16-14-15(13-7-5-12(2)6-8-13)21-23-17(14)20-11-19-16/h5-8,11H,3-4,9-10H2,1-2H3,(H,18,19,20). The number of aromatic nitrogens is 3. The van der Waals surface area contributed by atoms with Gasteiger partial charge in [-0.15, -0.1) is 0 Å². The molecule has 3 rings (SSSR count). The SMILES string of the molecule is CCOCCCNc1ncnc2onc(-c3ccc(C)cc3)c12. The van der Waals surface area contributed by atoms with Crippen molar-refractivity contribution in [1.29, 1.82) is 0 Å². The zero-order chi connectivity index (χ0) is 16.1. The third kappa shape index (κ3) is 3.48. The predicted octanol–water partition coefficient (Wildman–Crippen LogP) is 3.43. The molecule has 0 aliphatic rings. The van der Waals surface area contributed by atoms with E-state index in [1.165, 1.54) is 11.9 Å². The molecule has 6 heteroatoms. The molecule has 6 nitrogen and oxygen atoms in total. The average molecular weight is 312 g/mol. The molecule has 120 valence electrons. The van der Waals surface area contributed by atoms with Gasteiger partial charge >= 0.3 is 0 Å². The number of nitrogens with zero attached hydrogens (tertiary/aromatic N) is 3. The minimum Gasteiger partial charge on any atom is -0.382 e. The first-order chi connectivity index (χ1) is 11.3. The summed E-state index contributed by atoms with van der Waals surface area (Å²) in [4.78, 5) is 8.50. The molecule has 2 heterocycles. The molecule has 23 heavy (non-hydrogen) atoms. The van der Waals surface area contributed by atoms with Crippen LogP contribution in [0.1, 0.15) is 18.9 Å². The molecule has 0 unspecified atom stereocenters. The van der Waals surface area contributed by atoms with Crippen LogP contribution in [0.2, 0.25) is 0 Å². The van der Waals surface area contributed by atoms with E-state index in [0.717, 1.165) is 48.6 Å². The van der Waals surface area contributed by atoms with Gasteiger partial charge in [0.1, 0.15) is 23.2 Å². The molecule has 0 atom stereocenters. The highest BCUT2D eigenvalue weighted by Gasteiger charge is 2.16. The molecule has 0 saturated carbocycles. The molecule has 0 spiro atoms. The van der Waals surface area contributed by atoms with E-state index in [1.54, 1.807) is 0 Å². The van der Waals surface area contributed by atoms with Crippen LogP contribution < -0.4 is 5.32 Å². The number of anilines is 1. The van der Waals surface area contributed by atoms with E-state index in [4.69, 9.17) is 9.26 Å². The minimum atomic E-state index is 0.489. The Kier molecular flexibility index (Phi) is 4.83. The molecule has 3 aromatic rings. The Morgan fingerprint density at radius 1 is 1.17 bits per heavy atom. The Bertz CT molecular complexity index is 768. The summed E-state index contributed by atoms with van der Waals surface area (Å²) in [5.74, 6) is 0.739. The van der Waals surface area contributed by atoms with Gasteiger partial charge in [0.15, 0.2) is 0 Å². The van der Waals surface area contributed by atoms with Crippen LogP contribution in [0.4, 0.5) is 5.82 Å². The summed E-state index contributed by atoms with van der Waals surface area (Å²) in [6.07, 6.45) is 2.39. The van der Waals surface area contributed by atoms with E-state index in [2.05, 4.69) is 39.5 Å². The fraction of sp³-hybridized carbons (Fsp3) is 0.353. The molecular formula is C17H20N4O2. The highest BCUT2D eigenvalue weighted by atomic mass is 16.5. The number of benzene rings is 1. The van der Waals surface area contributed by atoms with Gasteiger partial charge in [-0.25, -0.2) is 4.98 Å². The van der Waals surface area contributed by atoms with Gasteiger partial charge in [-0.2, -0.15) is 4.98 Å². The van der Waals surface area contributed by atoms with Gasteiger partial charge in [0, 0.05) is 25.3 Å². The molecule has 1 aromatic carbocycles. The normalized spacial score (nSPS) is 11.0. The maximum Gasteiger partial charge on any atom is 0.263 e. The van der Waals surface area contributed by atoms with Gasteiger partial charge in [-0.1, -0.05) is 35.0 Å². The van der Waals surface area contributed by atoms with Crippen molar-refractivity contribution in [2.45, 2.75) is 20.3 Å². The number of fused-ring (bicyclic) bond motifs is 1. The zero-order valence-corrected chi connectivity index (χ0v) is 13.4. The first kappa shape index (κ1) is 15.4. The van der Waals surface area contributed by atoms with Gasteiger partial charge < -0.3 is 14.6 Å². The van der Waals surface area contributed by atoms with Gasteiger partial charge in [0.05, 0.1) is 0 Å². The van der Waals surface area contributed by atoms with E-state index >= 15 is 0 Å². The minimum absolute atomic E-state index is 0.489. The summed E-state index contributed by atoms with van der Waals surface area (Å²) < 4.78 is 10.7. The van der Waals surface area contributed by atoms with Crippen LogP contribution in [0.5, 0.6) is 0 Å². The van der Waals surface area contributed by atoms with E-state index < -0.39 is 0 Å². The van der Waals surface area contributed by atoms with Crippen molar-refractivity contribution in [3.63, 3.8) is 0 Å². The monoisotopic (exact) mass is 312 g/mol. The Balaban J connectivity index is 1.86. The molecular weight excluding hydrogens is 292 g/mol. The van der Waals surface area contributed by atoms with Crippen molar-refractivity contribution in [2.24, 2.45) is 0 Å². The zero-order valence-electron chi connectivity index (χ0n) is 13.4. The van der Waals surface area contributed by atoms with Crippen LogP contribution in [-0.4, -0.2) is 34.9 Å². The van der Waals surface area contributed by atoms with E-state index in [-0.39, 0.29) is 0 Å². The molecule has 0 aliphatic heterocycles. The van der Waals surface area contributed by atoms with Gasteiger partial charge in [0.2, 0.25) is 0 Å². The average Bonchev–Trinajstić information content (AvgIpc) is 3.00. The van der Waals surface area contributed by atoms with Gasteiger partial charge in [0.25, 0.3) is 5.71 Å². The van der Waals surface area contributed by atoms with Crippen molar-refractivity contribution in [2.75, 3.05) is 25.1 Å². The molecule has 0 radical (unpaired) electrons. The summed E-state index contributed by atoms with van der Waals surface area (Å²) in [6.45, 7) is 6.28. The fourth-order valence-electron chi connectivity index (χ4n) is 2.35. The predicted molar refractivity (Wildman–Crippen MR) is 89.4 cm³/mol. The van der Waals surface area contributed by atoms with Crippen molar-refractivity contribution < 1.29 is 9.26 Å². The molecule has 0 fully saturated rings. The lowest BCUT2D eigenvalue weighted by Gasteiger charge is -2.07. The number of aryl methyl sites for hydroxylation is 1. The van der Waals surface area contributed by atoms with Crippen LogP contribution in [-0.2, 0) is 4.74 Å². The lowest BCUT2D eigenvalue weighted by molar-refractivity contribution is 0.147. The second-order valence-electron chi connectivity index (χ2n) is 5.28. The summed E-state index contributed by atoms with van der Waals surface area (Å²) in [5.41, 5.74) is 3.43. The Morgan fingerprint density at radius 2 is 2.00 bits per heavy atom. The largest absolute Gasteiger partial charge is 0.382 e. The Morgan fingerprint density at radius 3 is 2.78 bits per heavy atom. The summed E-state index contributed by atoms with van der Waals surface area (Å²) in [7, 11) is 0. The van der Waals surface area contributed by atoms with Crippen molar-refractivity contribution in [3.05, 3.63) is 36.2 Å². The van der Waals surface area contributed by atoms with Crippen molar-refractivity contribution in [1.82, 2.24) is 15.1 Å². The highest BCUT2D eigenvalue weighted by Crippen LogP contribution is 2.31. The molecule has 0 amide bonds. The first-order valence-electron chi connectivity index (χ1n) is 7.78. The highest BCUT2D eigenvalue weighted by molar-refractivity contribution is 5.97. The first-order valence-corrected chi connectivity index (χ1v) is 7.78. The van der Waals surface area contributed by atoms with Gasteiger partial charge in [-0.05, 0) is 20.3 Å². The van der Waals surface area contributed by atoms with Crippen LogP contribution in [0.15, 0.2) is 35.1 Å². The third-order valence-electron chi connectivity index (χ3n) is 3.56. The van der Waals surface area contributed by atoms with Crippen LogP contribution in [0.25, 0.3) is 22.4 Å². The van der Waals surface area contributed by atoms with Crippen molar-refractivity contribution in [3.8, 4) is 11.3 Å². The Hall–Kier alpha value is -2.47.